The second kappa shape index (κ2) is 10.9. The first-order valence-electron chi connectivity index (χ1n) is 10.2. The molecule has 1 aliphatic heterocycles. The Balaban J connectivity index is 0.00000256. The molecule has 30 heavy (non-hydrogen) atoms. The third-order valence-electron chi connectivity index (χ3n) is 5.57. The molecule has 4 rings (SSSR count). The van der Waals surface area contributed by atoms with Gasteiger partial charge < -0.3 is 14.8 Å². The fourth-order valence-electron chi connectivity index (χ4n) is 3.86. The average molecular weight is 536 g/mol. The summed E-state index contributed by atoms with van der Waals surface area (Å²) < 4.78 is 2.23. The van der Waals surface area contributed by atoms with E-state index in [-0.39, 0.29) is 24.0 Å². The van der Waals surface area contributed by atoms with Gasteiger partial charge in [0.25, 0.3) is 0 Å². The number of nitrogens with one attached hydrogen (secondary N) is 1. The highest BCUT2D eigenvalue weighted by Crippen LogP contribution is 2.27. The average Bonchev–Trinajstić information content (AvgIpc) is 3.45. The molecule has 2 unspecified atom stereocenters. The van der Waals surface area contributed by atoms with Crippen LogP contribution in [-0.2, 0) is 6.42 Å². The number of likely N-dealkylation sites (tertiary alicyclic amines) is 1. The molecular formula is C22H29IN6S. The van der Waals surface area contributed by atoms with E-state index in [0.29, 0.717) is 12.0 Å². The Morgan fingerprint density at radius 3 is 2.87 bits per heavy atom. The topological polar surface area (TPSA) is 58.3 Å². The van der Waals surface area contributed by atoms with Crippen LogP contribution in [0.25, 0.3) is 10.6 Å². The molecule has 1 fully saturated rings. The molecule has 1 aliphatic rings. The molecule has 3 aromatic rings. The zero-order chi connectivity index (χ0) is 20.1. The zero-order valence-corrected chi connectivity index (χ0v) is 20.6. The predicted octanol–water partition coefficient (Wildman–Crippen LogP) is 4.33. The van der Waals surface area contributed by atoms with Crippen LogP contribution in [-0.4, -0.2) is 52.1 Å². The monoisotopic (exact) mass is 536 g/mol. The third-order valence-corrected chi connectivity index (χ3v) is 6.51. The number of thiazole rings is 1. The second-order valence-corrected chi connectivity index (χ2v) is 8.38. The normalized spacial score (nSPS) is 19.4. The van der Waals surface area contributed by atoms with Gasteiger partial charge in [-0.15, -0.1) is 35.3 Å². The van der Waals surface area contributed by atoms with Gasteiger partial charge in [0.05, 0.1) is 18.1 Å². The maximum atomic E-state index is 4.79. The molecule has 2 atom stereocenters. The maximum absolute atomic E-state index is 4.79. The maximum Gasteiger partial charge on any atom is 0.193 e. The summed E-state index contributed by atoms with van der Waals surface area (Å²) in [6.07, 6.45) is 7.88. The van der Waals surface area contributed by atoms with Crippen molar-refractivity contribution in [1.29, 1.82) is 0 Å². The van der Waals surface area contributed by atoms with Crippen LogP contribution in [0.2, 0.25) is 0 Å². The van der Waals surface area contributed by atoms with Gasteiger partial charge in [-0.3, -0.25) is 4.99 Å². The van der Waals surface area contributed by atoms with Crippen LogP contribution in [0.1, 0.15) is 25.1 Å². The molecule has 2 aromatic heterocycles. The number of rotatable bonds is 5. The zero-order valence-electron chi connectivity index (χ0n) is 17.4. The predicted molar refractivity (Wildman–Crippen MR) is 135 cm³/mol. The van der Waals surface area contributed by atoms with E-state index in [1.807, 2.05) is 25.6 Å². The minimum Gasteiger partial charge on any atom is -0.356 e. The number of hydrogen-bond donors (Lipinski definition) is 1. The Kier molecular flexibility index (Phi) is 8.26. The molecule has 6 nitrogen and oxygen atoms in total. The van der Waals surface area contributed by atoms with E-state index >= 15 is 0 Å². The van der Waals surface area contributed by atoms with E-state index in [1.165, 1.54) is 5.56 Å². The lowest BCUT2D eigenvalue weighted by Gasteiger charge is -2.39. The lowest BCUT2D eigenvalue weighted by atomic mass is 9.93. The van der Waals surface area contributed by atoms with Crippen molar-refractivity contribution in [2.24, 2.45) is 10.9 Å². The first-order valence-corrected chi connectivity index (χ1v) is 11.1. The van der Waals surface area contributed by atoms with Gasteiger partial charge in [0.15, 0.2) is 5.96 Å². The second-order valence-electron chi connectivity index (χ2n) is 7.52. The molecule has 0 spiro atoms. The lowest BCUT2D eigenvalue weighted by Crippen LogP contribution is -2.49. The van der Waals surface area contributed by atoms with Gasteiger partial charge in [-0.1, -0.05) is 37.3 Å². The highest BCUT2D eigenvalue weighted by atomic mass is 127. The molecular weight excluding hydrogens is 507 g/mol. The lowest BCUT2D eigenvalue weighted by molar-refractivity contribution is 0.189. The summed E-state index contributed by atoms with van der Waals surface area (Å²) in [5, 5.41) is 6.77. The quantitative estimate of drug-likeness (QED) is 0.300. The van der Waals surface area contributed by atoms with E-state index in [9.17, 15) is 0 Å². The molecule has 0 amide bonds. The van der Waals surface area contributed by atoms with Crippen molar-refractivity contribution in [2.75, 3.05) is 26.7 Å². The first kappa shape index (κ1) is 22.7. The number of hydrogen-bond acceptors (Lipinski definition) is 4. The van der Waals surface area contributed by atoms with Crippen LogP contribution in [0.5, 0.6) is 0 Å². The Labute approximate surface area is 199 Å². The van der Waals surface area contributed by atoms with Crippen LogP contribution in [0.15, 0.2) is 59.4 Å². The van der Waals surface area contributed by atoms with Crippen molar-refractivity contribution in [3.63, 3.8) is 0 Å². The number of piperidine rings is 1. The van der Waals surface area contributed by atoms with Crippen LogP contribution in [0.4, 0.5) is 0 Å². The Morgan fingerprint density at radius 1 is 1.30 bits per heavy atom. The molecule has 0 bridgehead atoms. The van der Waals surface area contributed by atoms with Gasteiger partial charge in [-0.25, -0.2) is 9.97 Å². The standard InChI is InChI=1S/C22H28N6S.HI/c1-17-9-12-27(14-20(17)28-13-11-24-16-28)22(23-2)25-10-8-19-15-29-21(26-19)18-6-4-3-5-7-18;/h3-7,11,13,15-17,20H,8-10,12,14H2,1-2H3,(H,23,25);1H. The summed E-state index contributed by atoms with van der Waals surface area (Å²) in [5.41, 5.74) is 2.31. The van der Waals surface area contributed by atoms with Crippen molar-refractivity contribution >= 4 is 41.3 Å². The van der Waals surface area contributed by atoms with Crippen molar-refractivity contribution < 1.29 is 0 Å². The molecule has 0 saturated carbocycles. The molecule has 1 saturated heterocycles. The minimum atomic E-state index is 0. The van der Waals surface area contributed by atoms with Crippen molar-refractivity contribution in [3.8, 4) is 10.6 Å². The largest absolute Gasteiger partial charge is 0.356 e. The number of imidazole rings is 1. The van der Waals surface area contributed by atoms with Gasteiger partial charge in [-0.05, 0) is 12.3 Å². The summed E-state index contributed by atoms with van der Waals surface area (Å²) in [6, 6.07) is 10.8. The summed E-state index contributed by atoms with van der Waals surface area (Å²) in [7, 11) is 1.86. The van der Waals surface area contributed by atoms with Gasteiger partial charge in [0, 0.05) is 56.4 Å². The van der Waals surface area contributed by atoms with E-state index < -0.39 is 0 Å². The van der Waals surface area contributed by atoms with Gasteiger partial charge in [0.1, 0.15) is 5.01 Å². The summed E-state index contributed by atoms with van der Waals surface area (Å²) >= 11 is 1.71. The van der Waals surface area contributed by atoms with Crippen molar-refractivity contribution in [2.45, 2.75) is 25.8 Å². The molecule has 3 heterocycles. The van der Waals surface area contributed by atoms with Gasteiger partial charge in [0.2, 0.25) is 0 Å². The van der Waals surface area contributed by atoms with Crippen LogP contribution in [0, 0.1) is 5.92 Å². The molecule has 0 radical (unpaired) electrons. The number of halogens is 1. The summed E-state index contributed by atoms with van der Waals surface area (Å²) in [6.45, 7) is 5.13. The van der Waals surface area contributed by atoms with Crippen molar-refractivity contribution in [1.82, 2.24) is 24.8 Å². The fourth-order valence-corrected chi connectivity index (χ4v) is 4.73. The number of guanidine groups is 1. The highest BCUT2D eigenvalue weighted by molar-refractivity contribution is 14.0. The third kappa shape index (κ3) is 5.40. The minimum absolute atomic E-state index is 0. The molecule has 1 N–H and O–H groups in total. The number of aromatic nitrogens is 3. The van der Waals surface area contributed by atoms with E-state index in [0.717, 1.165) is 49.1 Å². The highest BCUT2D eigenvalue weighted by Gasteiger charge is 2.28. The van der Waals surface area contributed by atoms with E-state index in [4.69, 9.17) is 4.98 Å². The Hall–Kier alpha value is -1.94. The fraction of sp³-hybridized carbons (Fsp3) is 0.409. The van der Waals surface area contributed by atoms with Gasteiger partial charge >= 0.3 is 0 Å². The molecule has 0 aliphatic carbocycles. The van der Waals surface area contributed by atoms with Crippen LogP contribution in [0.3, 0.4) is 0 Å². The van der Waals surface area contributed by atoms with Gasteiger partial charge in [-0.2, -0.15) is 0 Å². The molecule has 160 valence electrons. The Morgan fingerprint density at radius 2 is 2.13 bits per heavy atom. The number of aliphatic imine (C=N–C) groups is 1. The number of nitrogens with zero attached hydrogens (tertiary/aromatic N) is 5. The first-order chi connectivity index (χ1) is 14.2. The van der Waals surface area contributed by atoms with E-state index in [2.05, 4.69) is 67.5 Å². The SMILES string of the molecule is CN=C(NCCc1csc(-c2ccccc2)n1)N1CCC(C)C(n2ccnc2)C1.I. The smallest absolute Gasteiger partial charge is 0.193 e. The van der Waals surface area contributed by atoms with Crippen molar-refractivity contribution in [3.05, 3.63) is 60.1 Å². The van der Waals surface area contributed by atoms with E-state index in [1.54, 1.807) is 11.3 Å². The Bertz CT molecular complexity index is 924. The van der Waals surface area contributed by atoms with Crippen LogP contribution < -0.4 is 5.32 Å². The molecule has 8 heteroatoms. The summed E-state index contributed by atoms with van der Waals surface area (Å²) in [4.78, 5) is 15.9. The van der Waals surface area contributed by atoms with Crippen LogP contribution >= 0.6 is 35.3 Å². The summed E-state index contributed by atoms with van der Waals surface area (Å²) in [5.74, 6) is 1.60. The number of benzene rings is 1. The molecule has 1 aromatic carbocycles.